The highest BCUT2D eigenvalue weighted by molar-refractivity contribution is 6.29. The van der Waals surface area contributed by atoms with Crippen molar-refractivity contribution >= 4 is 40.1 Å². The van der Waals surface area contributed by atoms with Gasteiger partial charge in [0, 0.05) is 18.2 Å². The van der Waals surface area contributed by atoms with Gasteiger partial charge >= 0.3 is 5.97 Å². The highest BCUT2D eigenvalue weighted by Gasteiger charge is 2.33. The van der Waals surface area contributed by atoms with Crippen LogP contribution in [0.25, 0.3) is 11.0 Å². The van der Waals surface area contributed by atoms with Gasteiger partial charge in [0.1, 0.15) is 17.6 Å². The van der Waals surface area contributed by atoms with Crippen molar-refractivity contribution in [2.45, 2.75) is 19.0 Å². The number of anilines is 2. The fourth-order valence-electron chi connectivity index (χ4n) is 4.01. The summed E-state index contributed by atoms with van der Waals surface area (Å²) in [5.41, 5.74) is 1.41. The molecule has 32 heavy (non-hydrogen) atoms. The predicted molar refractivity (Wildman–Crippen MR) is 115 cm³/mol. The summed E-state index contributed by atoms with van der Waals surface area (Å²) in [4.78, 5) is 26.9. The third kappa shape index (κ3) is 3.65. The van der Waals surface area contributed by atoms with Crippen LogP contribution in [0.1, 0.15) is 29.0 Å². The van der Waals surface area contributed by atoms with Crippen LogP contribution in [0.2, 0.25) is 5.15 Å². The number of ether oxygens (including phenoxy) is 2. The van der Waals surface area contributed by atoms with Crippen LogP contribution in [0.5, 0.6) is 5.88 Å². The molecule has 1 fully saturated rings. The summed E-state index contributed by atoms with van der Waals surface area (Å²) in [7, 11) is 0. The number of carboxylic acid groups (broad SMARTS) is 1. The maximum Gasteiger partial charge on any atom is 0.356 e. The van der Waals surface area contributed by atoms with Crippen LogP contribution in [0.4, 0.5) is 15.9 Å². The van der Waals surface area contributed by atoms with E-state index in [1.54, 1.807) is 6.92 Å². The molecule has 5 rings (SSSR count). The molecule has 3 aromatic rings. The Labute approximate surface area is 187 Å². The minimum Gasteiger partial charge on any atom is -0.476 e. The van der Waals surface area contributed by atoms with E-state index in [-0.39, 0.29) is 22.6 Å². The van der Waals surface area contributed by atoms with Crippen LogP contribution < -0.4 is 15.0 Å². The largest absolute Gasteiger partial charge is 0.476 e. The minimum absolute atomic E-state index is 0.0423. The molecule has 166 valence electrons. The number of carbonyl (C=O) groups is 1. The predicted octanol–water partition coefficient (Wildman–Crippen LogP) is 3.29. The zero-order valence-corrected chi connectivity index (χ0v) is 17.8. The molecule has 0 amide bonds. The van der Waals surface area contributed by atoms with Crippen LogP contribution in [-0.2, 0) is 4.74 Å². The Morgan fingerprint density at radius 2 is 2.16 bits per heavy atom. The van der Waals surface area contributed by atoms with Crippen molar-refractivity contribution in [1.82, 2.24) is 15.0 Å². The molecule has 0 aliphatic carbocycles. The Bertz CT molecular complexity index is 1230. The number of benzene rings is 1. The summed E-state index contributed by atoms with van der Waals surface area (Å²) in [6.07, 6.45) is 0. The topological polar surface area (TPSA) is 110 Å². The number of fused-ring (bicyclic) bond motifs is 4. The SMILES string of the molecule is C[C@@H](Nc1ccc(Cl)nc1C(=O)O)c1cc(F)cc2nc3c(nc12)N1CCOC[C@H]1CO3. The first-order chi connectivity index (χ1) is 15.4. The average Bonchev–Trinajstić information content (AvgIpc) is 2.78. The van der Waals surface area contributed by atoms with Crippen LogP contribution in [0.15, 0.2) is 24.3 Å². The molecule has 1 aromatic carbocycles. The van der Waals surface area contributed by atoms with Gasteiger partial charge < -0.3 is 24.8 Å². The van der Waals surface area contributed by atoms with Gasteiger partial charge in [-0.2, -0.15) is 0 Å². The van der Waals surface area contributed by atoms with Gasteiger partial charge in [0.25, 0.3) is 5.88 Å². The fraction of sp³-hybridized carbons (Fsp3) is 0.333. The van der Waals surface area contributed by atoms with Gasteiger partial charge in [-0.05, 0) is 25.1 Å². The zero-order valence-electron chi connectivity index (χ0n) is 17.0. The molecule has 0 unspecified atom stereocenters. The zero-order chi connectivity index (χ0) is 22.4. The van der Waals surface area contributed by atoms with E-state index in [1.807, 2.05) is 0 Å². The number of pyridine rings is 1. The summed E-state index contributed by atoms with van der Waals surface area (Å²) in [6, 6.07) is 5.22. The number of hydrogen-bond donors (Lipinski definition) is 2. The van der Waals surface area contributed by atoms with Crippen LogP contribution in [-0.4, -0.2) is 58.4 Å². The Hall–Kier alpha value is -3.24. The molecule has 1 saturated heterocycles. The van der Waals surface area contributed by atoms with E-state index in [2.05, 4.69) is 20.2 Å². The van der Waals surface area contributed by atoms with E-state index in [1.165, 1.54) is 24.3 Å². The number of aromatic carboxylic acids is 1. The summed E-state index contributed by atoms with van der Waals surface area (Å²) >= 11 is 5.84. The number of nitrogens with zero attached hydrogens (tertiary/aromatic N) is 4. The minimum atomic E-state index is -1.23. The molecule has 0 spiro atoms. The first-order valence-corrected chi connectivity index (χ1v) is 10.4. The van der Waals surface area contributed by atoms with Gasteiger partial charge in [-0.25, -0.2) is 24.1 Å². The highest BCUT2D eigenvalue weighted by Crippen LogP contribution is 2.36. The number of carboxylic acids is 1. The molecule has 0 saturated carbocycles. The highest BCUT2D eigenvalue weighted by atomic mass is 35.5. The molecule has 2 aromatic heterocycles. The second kappa shape index (κ2) is 8.03. The summed E-state index contributed by atoms with van der Waals surface area (Å²) in [5.74, 6) is -0.752. The number of morpholine rings is 1. The van der Waals surface area contributed by atoms with Crippen molar-refractivity contribution in [1.29, 1.82) is 0 Å². The molecule has 2 N–H and O–H groups in total. The van der Waals surface area contributed by atoms with E-state index in [4.69, 9.17) is 26.1 Å². The summed E-state index contributed by atoms with van der Waals surface area (Å²) in [5, 5.41) is 12.6. The molecular weight excluding hydrogens is 441 g/mol. The molecule has 0 radical (unpaired) electrons. The summed E-state index contributed by atoms with van der Waals surface area (Å²) < 4.78 is 25.8. The molecular formula is C21H19ClFN5O4. The monoisotopic (exact) mass is 459 g/mol. The smallest absolute Gasteiger partial charge is 0.356 e. The second-order valence-corrected chi connectivity index (χ2v) is 8.04. The number of rotatable bonds is 4. The van der Waals surface area contributed by atoms with Crippen molar-refractivity contribution in [2.75, 3.05) is 36.6 Å². The molecule has 0 bridgehead atoms. The fourth-order valence-corrected chi connectivity index (χ4v) is 4.16. The van der Waals surface area contributed by atoms with E-state index in [9.17, 15) is 14.3 Å². The molecule has 11 heteroatoms. The standard InChI is InChI=1S/C21H19ClFN5O4/c1-10(24-14-2-3-16(22)26-18(14)21(29)30)13-6-11(23)7-15-17(13)27-19-20(25-15)32-9-12-8-31-5-4-28(12)19/h2-3,6-7,10,12,24H,4-5,8-9H2,1H3,(H,29,30)/t10-,12+/m1/s1. The first-order valence-electron chi connectivity index (χ1n) is 10.1. The van der Waals surface area contributed by atoms with Gasteiger partial charge in [0.15, 0.2) is 11.5 Å². The molecule has 2 atom stereocenters. The van der Waals surface area contributed by atoms with E-state index in [0.717, 1.165) is 0 Å². The van der Waals surface area contributed by atoms with E-state index < -0.39 is 17.8 Å². The van der Waals surface area contributed by atoms with Crippen molar-refractivity contribution in [2.24, 2.45) is 0 Å². The Balaban J connectivity index is 1.57. The quantitative estimate of drug-likeness (QED) is 0.568. The molecule has 9 nitrogen and oxygen atoms in total. The molecule has 4 heterocycles. The van der Waals surface area contributed by atoms with Crippen LogP contribution >= 0.6 is 11.6 Å². The maximum absolute atomic E-state index is 14.5. The second-order valence-electron chi connectivity index (χ2n) is 7.65. The van der Waals surface area contributed by atoms with Gasteiger partial charge in [-0.3, -0.25) is 0 Å². The lowest BCUT2D eigenvalue weighted by Gasteiger charge is -2.39. The van der Waals surface area contributed by atoms with Gasteiger partial charge in [0.2, 0.25) is 0 Å². The van der Waals surface area contributed by atoms with E-state index >= 15 is 0 Å². The van der Waals surface area contributed by atoms with Crippen LogP contribution in [0, 0.1) is 5.82 Å². The first kappa shape index (κ1) is 20.7. The molecule has 2 aliphatic heterocycles. The van der Waals surface area contributed by atoms with Crippen molar-refractivity contribution in [3.63, 3.8) is 0 Å². The number of halogens is 2. The lowest BCUT2D eigenvalue weighted by molar-refractivity contribution is 0.0684. The lowest BCUT2D eigenvalue weighted by Crippen LogP contribution is -2.51. The summed E-state index contributed by atoms with van der Waals surface area (Å²) in [6.45, 7) is 3.97. The Kier molecular flexibility index (Phi) is 5.18. The van der Waals surface area contributed by atoms with Crippen molar-refractivity contribution in [3.8, 4) is 5.88 Å². The Morgan fingerprint density at radius 3 is 2.97 bits per heavy atom. The number of hydrogen-bond acceptors (Lipinski definition) is 8. The normalized spacial score (nSPS) is 18.5. The third-order valence-corrected chi connectivity index (χ3v) is 5.74. The van der Waals surface area contributed by atoms with Gasteiger partial charge in [-0.1, -0.05) is 11.6 Å². The van der Waals surface area contributed by atoms with Gasteiger partial charge in [-0.15, -0.1) is 0 Å². The third-order valence-electron chi connectivity index (χ3n) is 5.53. The van der Waals surface area contributed by atoms with Gasteiger partial charge in [0.05, 0.1) is 42.0 Å². The Morgan fingerprint density at radius 1 is 1.31 bits per heavy atom. The lowest BCUT2D eigenvalue weighted by atomic mass is 10.0. The number of nitrogens with one attached hydrogen (secondary N) is 1. The average molecular weight is 460 g/mol. The van der Waals surface area contributed by atoms with E-state index in [0.29, 0.717) is 54.7 Å². The molecule has 2 aliphatic rings. The van der Waals surface area contributed by atoms with Crippen LogP contribution in [0.3, 0.4) is 0 Å². The maximum atomic E-state index is 14.5. The van der Waals surface area contributed by atoms with Crippen molar-refractivity contribution < 1.29 is 23.8 Å². The number of aromatic nitrogens is 3. The van der Waals surface area contributed by atoms with Crippen molar-refractivity contribution in [3.05, 3.63) is 46.5 Å².